The van der Waals surface area contributed by atoms with Gasteiger partial charge in [-0.1, -0.05) is 0 Å². The molecule has 0 fully saturated rings. The van der Waals surface area contributed by atoms with Crippen LogP contribution in [0.1, 0.15) is 6.92 Å². The monoisotopic (exact) mass is 260 g/mol. The van der Waals surface area contributed by atoms with Gasteiger partial charge >= 0.3 is 5.97 Å². The Labute approximate surface area is 101 Å². The van der Waals surface area contributed by atoms with Gasteiger partial charge in [0.25, 0.3) is 5.50 Å². The Bertz CT molecular complexity index is 404. The van der Waals surface area contributed by atoms with Gasteiger partial charge in [0, 0.05) is 4.90 Å². The van der Waals surface area contributed by atoms with Crippen LogP contribution in [-0.4, -0.2) is 29.4 Å². The van der Waals surface area contributed by atoms with Crippen molar-refractivity contribution in [3.05, 3.63) is 24.3 Å². The molecule has 0 aromatic heterocycles. The van der Waals surface area contributed by atoms with Gasteiger partial charge in [-0.3, -0.25) is 4.21 Å². The lowest BCUT2D eigenvalue weighted by atomic mass is 10.3. The van der Waals surface area contributed by atoms with Crippen molar-refractivity contribution in [2.75, 3.05) is 13.7 Å². The first-order valence-electron chi connectivity index (χ1n) is 4.95. The van der Waals surface area contributed by atoms with Crippen LogP contribution < -0.4 is 4.74 Å². The lowest BCUT2D eigenvalue weighted by Gasteiger charge is -2.08. The number of hydrogen-bond donors (Lipinski definition) is 0. The molecule has 0 aliphatic carbocycles. The van der Waals surface area contributed by atoms with E-state index in [0.717, 1.165) is 0 Å². The molecule has 0 heterocycles. The predicted octanol–water partition coefficient (Wildman–Crippen LogP) is 1.66. The van der Waals surface area contributed by atoms with E-state index in [1.165, 1.54) is 19.2 Å². The van der Waals surface area contributed by atoms with Crippen molar-refractivity contribution in [2.24, 2.45) is 0 Å². The summed E-state index contributed by atoms with van der Waals surface area (Å²) in [6.07, 6.45) is 0. The number of methoxy groups -OCH3 is 1. The van der Waals surface area contributed by atoms with Crippen LogP contribution in [0.5, 0.6) is 5.75 Å². The maximum atomic E-state index is 13.4. The Morgan fingerprint density at radius 2 is 2.00 bits per heavy atom. The van der Waals surface area contributed by atoms with Gasteiger partial charge in [0.2, 0.25) is 0 Å². The topological polar surface area (TPSA) is 52.6 Å². The summed E-state index contributed by atoms with van der Waals surface area (Å²) in [4.78, 5) is 11.3. The number of esters is 1. The maximum Gasteiger partial charge on any atom is 0.354 e. The number of carbonyl (C=O) groups excluding carboxylic acids is 1. The minimum atomic E-state index is -2.16. The van der Waals surface area contributed by atoms with Gasteiger partial charge in [-0.25, -0.2) is 9.18 Å². The first-order chi connectivity index (χ1) is 8.10. The van der Waals surface area contributed by atoms with E-state index in [1.807, 2.05) is 0 Å². The van der Waals surface area contributed by atoms with Gasteiger partial charge in [0.1, 0.15) is 5.75 Å². The number of carbonyl (C=O) groups is 1. The molecular weight excluding hydrogens is 247 g/mol. The van der Waals surface area contributed by atoms with Crippen molar-refractivity contribution in [3.8, 4) is 5.75 Å². The molecule has 0 bridgehead atoms. The second-order valence-electron chi connectivity index (χ2n) is 3.04. The molecule has 2 atom stereocenters. The van der Waals surface area contributed by atoms with Gasteiger partial charge < -0.3 is 9.47 Å². The molecule has 0 saturated carbocycles. The number of benzene rings is 1. The van der Waals surface area contributed by atoms with Crippen molar-refractivity contribution >= 4 is 16.8 Å². The first-order valence-corrected chi connectivity index (χ1v) is 6.16. The van der Waals surface area contributed by atoms with Crippen molar-refractivity contribution in [1.29, 1.82) is 0 Å². The zero-order valence-electron chi connectivity index (χ0n) is 9.51. The Balaban J connectivity index is 2.77. The van der Waals surface area contributed by atoms with E-state index in [2.05, 4.69) is 4.74 Å². The molecule has 0 amide bonds. The van der Waals surface area contributed by atoms with E-state index in [4.69, 9.17) is 4.74 Å². The fourth-order valence-corrected chi connectivity index (χ4v) is 2.01. The van der Waals surface area contributed by atoms with Gasteiger partial charge in [0.15, 0.2) is 0 Å². The van der Waals surface area contributed by atoms with Crippen LogP contribution in [0.4, 0.5) is 4.39 Å². The van der Waals surface area contributed by atoms with Crippen molar-refractivity contribution in [3.63, 3.8) is 0 Å². The summed E-state index contributed by atoms with van der Waals surface area (Å²) in [5, 5.41) is 0. The number of halogens is 1. The van der Waals surface area contributed by atoms with E-state index in [0.29, 0.717) is 5.75 Å². The molecule has 1 rings (SSSR count). The second-order valence-corrected chi connectivity index (χ2v) is 4.52. The highest BCUT2D eigenvalue weighted by atomic mass is 32.2. The van der Waals surface area contributed by atoms with Crippen molar-refractivity contribution in [1.82, 2.24) is 0 Å². The van der Waals surface area contributed by atoms with Crippen LogP contribution in [0.25, 0.3) is 0 Å². The quantitative estimate of drug-likeness (QED) is 0.756. The third-order valence-electron chi connectivity index (χ3n) is 1.95. The second kappa shape index (κ2) is 6.34. The lowest BCUT2D eigenvalue weighted by molar-refractivity contribution is -0.145. The van der Waals surface area contributed by atoms with Gasteiger partial charge in [0.05, 0.1) is 24.5 Å². The summed E-state index contributed by atoms with van der Waals surface area (Å²) in [6.45, 7) is 1.61. The number of ether oxygens (including phenoxy) is 2. The van der Waals surface area contributed by atoms with Crippen molar-refractivity contribution < 1.29 is 22.9 Å². The van der Waals surface area contributed by atoms with E-state index < -0.39 is 22.3 Å². The van der Waals surface area contributed by atoms with E-state index in [9.17, 15) is 13.4 Å². The van der Waals surface area contributed by atoms with Gasteiger partial charge in [-0.05, 0) is 31.2 Å². The summed E-state index contributed by atoms with van der Waals surface area (Å²) in [5.41, 5.74) is -2.16. The smallest absolute Gasteiger partial charge is 0.354 e. The summed E-state index contributed by atoms with van der Waals surface area (Å²) in [5.74, 6) is -0.543. The predicted molar refractivity (Wildman–Crippen MR) is 60.9 cm³/mol. The fourth-order valence-electron chi connectivity index (χ4n) is 1.12. The fraction of sp³-hybridized carbons (Fsp3) is 0.364. The maximum absolute atomic E-state index is 13.4. The third-order valence-corrected chi connectivity index (χ3v) is 3.26. The van der Waals surface area contributed by atoms with Crippen LogP contribution in [-0.2, 0) is 20.3 Å². The van der Waals surface area contributed by atoms with E-state index in [1.54, 1.807) is 19.1 Å². The molecule has 0 spiro atoms. The highest BCUT2D eigenvalue weighted by Gasteiger charge is 2.27. The minimum absolute atomic E-state index is 0.0546. The zero-order chi connectivity index (χ0) is 12.8. The van der Waals surface area contributed by atoms with Gasteiger partial charge in [-0.15, -0.1) is 0 Å². The van der Waals surface area contributed by atoms with Crippen LogP contribution in [0.15, 0.2) is 29.2 Å². The zero-order valence-corrected chi connectivity index (χ0v) is 10.3. The Morgan fingerprint density at radius 3 is 2.47 bits per heavy atom. The molecule has 94 valence electrons. The Morgan fingerprint density at radius 1 is 1.41 bits per heavy atom. The summed E-state index contributed by atoms with van der Waals surface area (Å²) >= 11 is 0. The van der Waals surface area contributed by atoms with E-state index in [-0.39, 0.29) is 11.5 Å². The van der Waals surface area contributed by atoms with Crippen LogP contribution in [0, 0.1) is 0 Å². The molecular formula is C11H13FO4S. The molecule has 1 aromatic rings. The Hall–Kier alpha value is -1.43. The highest BCUT2D eigenvalue weighted by molar-refractivity contribution is 7.86. The molecule has 2 unspecified atom stereocenters. The van der Waals surface area contributed by atoms with Crippen LogP contribution >= 0.6 is 0 Å². The largest absolute Gasteiger partial charge is 0.497 e. The molecule has 0 radical (unpaired) electrons. The molecule has 1 aromatic carbocycles. The molecule has 0 aliphatic rings. The average molecular weight is 260 g/mol. The summed E-state index contributed by atoms with van der Waals surface area (Å²) in [7, 11) is -0.578. The minimum Gasteiger partial charge on any atom is -0.497 e. The standard InChI is InChI=1S/C11H13FO4S/c1-3-16-11(13)10(12)17(14)9-6-4-8(15-2)5-7-9/h4-7,10H,3H2,1-2H3. The van der Waals surface area contributed by atoms with Crippen molar-refractivity contribution in [2.45, 2.75) is 17.3 Å². The first kappa shape index (κ1) is 13.6. The molecule has 0 saturated heterocycles. The molecule has 4 nitrogen and oxygen atoms in total. The molecule has 0 N–H and O–H groups in total. The average Bonchev–Trinajstić information content (AvgIpc) is 2.37. The van der Waals surface area contributed by atoms with Gasteiger partial charge in [-0.2, -0.15) is 0 Å². The summed E-state index contributed by atoms with van der Waals surface area (Å²) < 4.78 is 34.5. The number of rotatable bonds is 5. The van der Waals surface area contributed by atoms with Crippen LogP contribution in [0.2, 0.25) is 0 Å². The highest BCUT2D eigenvalue weighted by Crippen LogP contribution is 2.17. The molecule has 0 aliphatic heterocycles. The normalized spacial score (nSPS) is 13.8. The van der Waals surface area contributed by atoms with Crippen LogP contribution in [0.3, 0.4) is 0 Å². The SMILES string of the molecule is CCOC(=O)C(F)S(=O)c1ccc(OC)cc1. The lowest BCUT2D eigenvalue weighted by Crippen LogP contribution is -2.23. The number of alkyl halides is 1. The summed E-state index contributed by atoms with van der Waals surface area (Å²) in [6, 6.07) is 5.98. The molecule has 17 heavy (non-hydrogen) atoms. The molecule has 6 heteroatoms. The number of hydrogen-bond acceptors (Lipinski definition) is 4. The third kappa shape index (κ3) is 3.52. The Kier molecular flexibility index (Phi) is 5.09. The van der Waals surface area contributed by atoms with E-state index >= 15 is 0 Å².